The van der Waals surface area contributed by atoms with Crippen LogP contribution in [0.4, 0.5) is 4.79 Å². The van der Waals surface area contributed by atoms with Gasteiger partial charge in [-0.05, 0) is 55.6 Å². The van der Waals surface area contributed by atoms with Crippen LogP contribution in [-0.2, 0) is 14.3 Å². The van der Waals surface area contributed by atoms with Crippen LogP contribution in [0.25, 0.3) is 6.08 Å². The Morgan fingerprint density at radius 1 is 1.30 bits per heavy atom. The van der Waals surface area contributed by atoms with E-state index in [1.807, 2.05) is 30.5 Å². The first-order valence-corrected chi connectivity index (χ1v) is 9.03. The van der Waals surface area contributed by atoms with Crippen LogP contribution < -0.4 is 0 Å². The van der Waals surface area contributed by atoms with Crippen LogP contribution in [0.1, 0.15) is 19.4 Å². The van der Waals surface area contributed by atoms with Crippen LogP contribution >= 0.6 is 23.5 Å². The third kappa shape index (κ3) is 4.62. The second-order valence-electron chi connectivity index (χ2n) is 5.08. The van der Waals surface area contributed by atoms with Gasteiger partial charge in [-0.15, -0.1) is 11.8 Å². The van der Waals surface area contributed by atoms with Crippen molar-refractivity contribution in [3.05, 3.63) is 34.7 Å². The molecule has 1 aromatic carbocycles. The third-order valence-electron chi connectivity index (χ3n) is 2.94. The number of rotatable bonds is 5. The molecule has 0 unspecified atom stereocenters. The van der Waals surface area contributed by atoms with E-state index in [9.17, 15) is 14.4 Å². The summed E-state index contributed by atoms with van der Waals surface area (Å²) in [4.78, 5) is 38.2. The smallest absolute Gasteiger partial charge is 0.326 e. The molecule has 2 amide bonds. The molecule has 0 bridgehead atoms. The first-order chi connectivity index (χ1) is 10.9. The molecule has 1 aromatic rings. The van der Waals surface area contributed by atoms with E-state index < -0.39 is 17.1 Å². The maximum atomic E-state index is 12.3. The van der Waals surface area contributed by atoms with E-state index in [1.165, 1.54) is 0 Å². The number of esters is 1. The minimum atomic E-state index is -0.590. The van der Waals surface area contributed by atoms with Gasteiger partial charge in [0.1, 0.15) is 6.54 Å². The summed E-state index contributed by atoms with van der Waals surface area (Å²) in [6.07, 6.45) is 3.35. The van der Waals surface area contributed by atoms with Crippen molar-refractivity contribution in [2.75, 3.05) is 12.8 Å². The van der Waals surface area contributed by atoms with Crippen LogP contribution in [0.3, 0.4) is 0 Å². The molecule has 1 saturated heterocycles. The first kappa shape index (κ1) is 17.6. The maximum absolute atomic E-state index is 12.3. The molecule has 0 aliphatic carbocycles. The Kier molecular flexibility index (Phi) is 5.90. The fraction of sp³-hybridized carbons (Fsp3) is 0.312. The predicted molar refractivity (Wildman–Crippen MR) is 92.1 cm³/mol. The van der Waals surface area contributed by atoms with Crippen LogP contribution in [0.15, 0.2) is 34.1 Å². The zero-order valence-electron chi connectivity index (χ0n) is 13.1. The molecule has 5 nitrogen and oxygen atoms in total. The number of amides is 2. The number of carbonyl (C=O) groups is 3. The van der Waals surface area contributed by atoms with Gasteiger partial charge in [-0.1, -0.05) is 12.1 Å². The van der Waals surface area contributed by atoms with Gasteiger partial charge in [0.2, 0.25) is 0 Å². The Bertz CT molecular complexity index is 653. The van der Waals surface area contributed by atoms with E-state index in [4.69, 9.17) is 4.74 Å². The molecule has 122 valence electrons. The molecule has 2 rings (SSSR count). The van der Waals surface area contributed by atoms with E-state index >= 15 is 0 Å². The van der Waals surface area contributed by atoms with E-state index in [1.54, 1.807) is 31.7 Å². The molecular formula is C16H17NO4S2. The summed E-state index contributed by atoms with van der Waals surface area (Å²) in [5.74, 6) is -1.05. The summed E-state index contributed by atoms with van der Waals surface area (Å²) < 4.78 is 4.97. The van der Waals surface area contributed by atoms with E-state index in [2.05, 4.69) is 0 Å². The Balaban J connectivity index is 2.10. The average Bonchev–Trinajstić information content (AvgIpc) is 2.75. The first-order valence-electron chi connectivity index (χ1n) is 6.99. The number of hydrogen-bond donors (Lipinski definition) is 0. The van der Waals surface area contributed by atoms with E-state index in [0.717, 1.165) is 27.1 Å². The molecule has 0 saturated carbocycles. The van der Waals surface area contributed by atoms with Crippen LogP contribution in [-0.4, -0.2) is 40.9 Å². The zero-order valence-corrected chi connectivity index (χ0v) is 14.7. The SMILES string of the molecule is CSc1ccc(/C=C2\SC(=O)N(CC(=O)OC(C)C)C2=O)cc1. The Morgan fingerprint density at radius 3 is 2.52 bits per heavy atom. The van der Waals surface area contributed by atoms with Gasteiger partial charge in [0.05, 0.1) is 11.0 Å². The van der Waals surface area contributed by atoms with Gasteiger partial charge >= 0.3 is 5.97 Å². The Labute approximate surface area is 143 Å². The quantitative estimate of drug-likeness (QED) is 0.460. The molecule has 23 heavy (non-hydrogen) atoms. The highest BCUT2D eigenvalue weighted by Gasteiger charge is 2.36. The molecule has 0 radical (unpaired) electrons. The van der Waals surface area contributed by atoms with Gasteiger partial charge in [0.15, 0.2) is 0 Å². The summed E-state index contributed by atoms with van der Waals surface area (Å²) in [7, 11) is 0. The summed E-state index contributed by atoms with van der Waals surface area (Å²) >= 11 is 2.46. The van der Waals surface area contributed by atoms with Crippen LogP contribution in [0.2, 0.25) is 0 Å². The second kappa shape index (κ2) is 7.70. The minimum absolute atomic E-state index is 0.284. The van der Waals surface area contributed by atoms with Crippen molar-refractivity contribution < 1.29 is 19.1 Å². The normalized spacial score (nSPS) is 16.5. The Hall–Kier alpha value is -1.73. The van der Waals surface area contributed by atoms with Gasteiger partial charge in [0, 0.05) is 4.90 Å². The monoisotopic (exact) mass is 351 g/mol. The highest BCUT2D eigenvalue weighted by Crippen LogP contribution is 2.32. The molecule has 1 heterocycles. The summed E-state index contributed by atoms with van der Waals surface area (Å²) in [5, 5.41) is -0.456. The number of hydrogen-bond acceptors (Lipinski definition) is 6. The molecule has 0 N–H and O–H groups in total. The standard InChI is InChI=1S/C16H17NO4S2/c1-10(2)21-14(18)9-17-15(19)13(23-16(17)20)8-11-4-6-12(22-3)7-5-11/h4-8,10H,9H2,1-3H3/b13-8-. The number of ether oxygens (including phenoxy) is 1. The maximum Gasteiger partial charge on any atom is 0.326 e. The molecule has 1 aliphatic rings. The minimum Gasteiger partial charge on any atom is -0.462 e. The molecule has 1 aliphatic heterocycles. The van der Waals surface area contributed by atoms with E-state index in [0.29, 0.717) is 4.91 Å². The van der Waals surface area contributed by atoms with Crippen molar-refractivity contribution in [1.82, 2.24) is 4.90 Å². The van der Waals surface area contributed by atoms with Gasteiger partial charge in [-0.3, -0.25) is 19.3 Å². The second-order valence-corrected chi connectivity index (χ2v) is 6.95. The number of nitrogens with zero attached hydrogens (tertiary/aromatic N) is 1. The predicted octanol–water partition coefficient (Wildman–Crippen LogP) is 3.40. The van der Waals surface area contributed by atoms with Crippen molar-refractivity contribution >= 4 is 46.7 Å². The number of imide groups is 1. The number of thioether (sulfide) groups is 2. The average molecular weight is 351 g/mol. The van der Waals surface area contributed by atoms with Crippen molar-refractivity contribution in [3.63, 3.8) is 0 Å². The van der Waals surface area contributed by atoms with Crippen molar-refractivity contribution in [2.45, 2.75) is 24.8 Å². The van der Waals surface area contributed by atoms with Crippen molar-refractivity contribution in [2.24, 2.45) is 0 Å². The van der Waals surface area contributed by atoms with Gasteiger partial charge in [0.25, 0.3) is 11.1 Å². The molecular weight excluding hydrogens is 334 g/mol. The van der Waals surface area contributed by atoms with E-state index in [-0.39, 0.29) is 12.6 Å². The lowest BCUT2D eigenvalue weighted by atomic mass is 10.2. The highest BCUT2D eigenvalue weighted by molar-refractivity contribution is 8.18. The fourth-order valence-electron chi connectivity index (χ4n) is 1.92. The number of carbonyl (C=O) groups excluding carboxylic acids is 3. The lowest BCUT2D eigenvalue weighted by Gasteiger charge is -2.13. The largest absolute Gasteiger partial charge is 0.462 e. The van der Waals surface area contributed by atoms with Gasteiger partial charge in [-0.2, -0.15) is 0 Å². The van der Waals surface area contributed by atoms with Crippen molar-refractivity contribution in [1.29, 1.82) is 0 Å². The molecule has 7 heteroatoms. The summed E-state index contributed by atoms with van der Waals surface area (Å²) in [6, 6.07) is 7.65. The molecule has 0 atom stereocenters. The third-order valence-corrected chi connectivity index (χ3v) is 4.59. The lowest BCUT2D eigenvalue weighted by Crippen LogP contribution is -2.35. The lowest BCUT2D eigenvalue weighted by molar-refractivity contribution is -0.149. The topological polar surface area (TPSA) is 63.7 Å². The fourth-order valence-corrected chi connectivity index (χ4v) is 3.16. The van der Waals surface area contributed by atoms with Gasteiger partial charge in [-0.25, -0.2) is 0 Å². The van der Waals surface area contributed by atoms with Gasteiger partial charge < -0.3 is 4.74 Å². The highest BCUT2D eigenvalue weighted by atomic mass is 32.2. The number of benzene rings is 1. The van der Waals surface area contributed by atoms with Crippen LogP contribution in [0.5, 0.6) is 0 Å². The van der Waals surface area contributed by atoms with Crippen molar-refractivity contribution in [3.8, 4) is 0 Å². The summed E-state index contributed by atoms with van der Waals surface area (Å²) in [6.45, 7) is 3.07. The molecule has 0 spiro atoms. The summed E-state index contributed by atoms with van der Waals surface area (Å²) in [5.41, 5.74) is 0.832. The molecule has 1 fully saturated rings. The van der Waals surface area contributed by atoms with Crippen LogP contribution in [0, 0.1) is 0 Å². The molecule has 0 aromatic heterocycles. The zero-order chi connectivity index (χ0) is 17.0. The Morgan fingerprint density at radius 2 is 1.96 bits per heavy atom.